The van der Waals surface area contributed by atoms with Crippen molar-refractivity contribution in [3.8, 4) is 0 Å². The number of nitrogens with zero attached hydrogens (tertiary/aromatic N) is 1. The highest BCUT2D eigenvalue weighted by Gasteiger charge is 2.40. The molecule has 0 N–H and O–H groups in total. The molecule has 15 heavy (non-hydrogen) atoms. The van der Waals surface area contributed by atoms with Crippen molar-refractivity contribution < 1.29 is 4.79 Å². The van der Waals surface area contributed by atoms with Gasteiger partial charge in [-0.15, -0.1) is 0 Å². The maximum absolute atomic E-state index is 11.9. The van der Waals surface area contributed by atoms with Crippen LogP contribution in [0.25, 0.3) is 0 Å². The molecule has 0 aromatic rings. The van der Waals surface area contributed by atoms with Crippen molar-refractivity contribution in [3.63, 3.8) is 0 Å². The average Bonchev–Trinajstić information content (AvgIpc) is 2.47. The molecular weight excluding hydrogens is 186 g/mol. The summed E-state index contributed by atoms with van der Waals surface area (Å²) in [6.07, 6.45) is 4.27. The van der Waals surface area contributed by atoms with E-state index >= 15 is 0 Å². The first kappa shape index (κ1) is 11.1. The van der Waals surface area contributed by atoms with Crippen molar-refractivity contribution in [1.29, 1.82) is 0 Å². The monoisotopic (exact) mass is 209 g/mol. The topological polar surface area (TPSA) is 20.3 Å². The summed E-state index contributed by atoms with van der Waals surface area (Å²) < 4.78 is 0. The van der Waals surface area contributed by atoms with Gasteiger partial charge in [-0.2, -0.15) is 0 Å². The molecule has 1 heterocycles. The van der Waals surface area contributed by atoms with Crippen molar-refractivity contribution in [1.82, 2.24) is 4.90 Å². The van der Waals surface area contributed by atoms with Gasteiger partial charge in [-0.25, -0.2) is 0 Å². The second-order valence-electron chi connectivity index (χ2n) is 5.50. The Labute approximate surface area is 93.0 Å². The summed E-state index contributed by atoms with van der Waals surface area (Å²) in [6, 6.07) is 0.841. The number of ketones is 1. The van der Waals surface area contributed by atoms with E-state index in [1.807, 2.05) is 0 Å². The smallest absolute Gasteiger partial charge is 0.149 e. The highest BCUT2D eigenvalue weighted by Crippen LogP contribution is 2.33. The Hall–Kier alpha value is -0.370. The Morgan fingerprint density at radius 2 is 1.93 bits per heavy atom. The lowest BCUT2D eigenvalue weighted by Gasteiger charge is -2.33. The third kappa shape index (κ3) is 1.96. The summed E-state index contributed by atoms with van der Waals surface area (Å²) in [6.45, 7) is 8.05. The van der Waals surface area contributed by atoms with Gasteiger partial charge in [-0.1, -0.05) is 20.3 Å². The maximum atomic E-state index is 11.9. The number of rotatable bonds is 1. The summed E-state index contributed by atoms with van der Waals surface area (Å²) >= 11 is 0. The molecule has 0 amide bonds. The molecule has 1 saturated heterocycles. The number of hydrogen-bond donors (Lipinski definition) is 0. The van der Waals surface area contributed by atoms with Crippen LogP contribution in [-0.2, 0) is 4.79 Å². The molecule has 2 heteroatoms. The van der Waals surface area contributed by atoms with Gasteiger partial charge >= 0.3 is 0 Å². The van der Waals surface area contributed by atoms with E-state index in [0.717, 1.165) is 37.6 Å². The molecular formula is C13H23NO. The van der Waals surface area contributed by atoms with Gasteiger partial charge in [0.1, 0.15) is 5.78 Å². The van der Waals surface area contributed by atoms with Gasteiger partial charge in [0, 0.05) is 19.0 Å². The number of Topliss-reactive ketones (excluding diaryl/α,β-unsaturated/α-hetero) is 1. The third-order valence-electron chi connectivity index (χ3n) is 4.60. The van der Waals surface area contributed by atoms with E-state index in [1.165, 1.54) is 6.42 Å². The van der Waals surface area contributed by atoms with Crippen LogP contribution in [0.4, 0.5) is 0 Å². The molecule has 2 aliphatic rings. The summed E-state index contributed by atoms with van der Waals surface area (Å²) in [5.74, 6) is 1.98. The maximum Gasteiger partial charge on any atom is 0.149 e. The minimum absolute atomic E-state index is 0.251. The van der Waals surface area contributed by atoms with E-state index in [1.54, 1.807) is 0 Å². The van der Waals surface area contributed by atoms with Gasteiger partial charge in [0.15, 0.2) is 0 Å². The van der Waals surface area contributed by atoms with Crippen LogP contribution in [0.5, 0.6) is 0 Å². The molecule has 2 rings (SSSR count). The fourth-order valence-corrected chi connectivity index (χ4v) is 3.17. The lowest BCUT2D eigenvalue weighted by molar-refractivity contribution is -0.126. The van der Waals surface area contributed by atoms with Crippen molar-refractivity contribution in [2.75, 3.05) is 6.54 Å². The van der Waals surface area contributed by atoms with Crippen LogP contribution in [0.1, 0.15) is 46.5 Å². The normalized spacial score (nSPS) is 43.5. The predicted molar refractivity (Wildman–Crippen MR) is 61.8 cm³/mol. The molecule has 0 spiro atoms. The zero-order valence-electron chi connectivity index (χ0n) is 10.2. The summed E-state index contributed by atoms with van der Waals surface area (Å²) in [5, 5.41) is 0. The Morgan fingerprint density at radius 1 is 1.20 bits per heavy atom. The van der Waals surface area contributed by atoms with Crippen LogP contribution < -0.4 is 0 Å². The third-order valence-corrected chi connectivity index (χ3v) is 4.60. The van der Waals surface area contributed by atoms with Crippen LogP contribution in [0, 0.1) is 11.8 Å². The Kier molecular flexibility index (Phi) is 3.15. The van der Waals surface area contributed by atoms with Gasteiger partial charge in [-0.3, -0.25) is 9.69 Å². The highest BCUT2D eigenvalue weighted by molar-refractivity contribution is 5.84. The number of likely N-dealkylation sites (tertiary alicyclic amines) is 1. The summed E-state index contributed by atoms with van der Waals surface area (Å²) in [7, 11) is 0. The largest absolute Gasteiger partial charge is 0.298 e. The van der Waals surface area contributed by atoms with Crippen LogP contribution >= 0.6 is 0 Å². The number of hydrogen-bond acceptors (Lipinski definition) is 2. The fraction of sp³-hybridized carbons (Fsp3) is 0.923. The number of carbonyl (C=O) groups is 1. The molecule has 0 aromatic heterocycles. The van der Waals surface area contributed by atoms with Crippen LogP contribution in [0.15, 0.2) is 0 Å². The molecule has 2 fully saturated rings. The molecule has 0 aromatic carbocycles. The van der Waals surface area contributed by atoms with E-state index in [4.69, 9.17) is 0 Å². The van der Waals surface area contributed by atoms with Gasteiger partial charge < -0.3 is 0 Å². The van der Waals surface area contributed by atoms with E-state index in [-0.39, 0.29) is 6.04 Å². The molecule has 0 bridgehead atoms. The molecule has 2 nitrogen and oxygen atoms in total. The van der Waals surface area contributed by atoms with Crippen LogP contribution in [0.2, 0.25) is 0 Å². The van der Waals surface area contributed by atoms with Crippen LogP contribution in [-0.4, -0.2) is 29.3 Å². The first-order valence-electron chi connectivity index (χ1n) is 6.39. The molecule has 0 radical (unpaired) electrons. The van der Waals surface area contributed by atoms with E-state index in [0.29, 0.717) is 11.8 Å². The standard InChI is InChI=1S/C13H23NO/c1-9-8-14(11(3)10(9)2)12-6-4-5-7-13(12)15/h9-12H,4-8H2,1-3H3. The fourth-order valence-electron chi connectivity index (χ4n) is 3.17. The zero-order valence-corrected chi connectivity index (χ0v) is 10.2. The molecule has 1 aliphatic heterocycles. The van der Waals surface area contributed by atoms with Gasteiger partial charge in [0.2, 0.25) is 0 Å². The zero-order chi connectivity index (χ0) is 11.0. The van der Waals surface area contributed by atoms with Gasteiger partial charge in [0.05, 0.1) is 6.04 Å². The lowest BCUT2D eigenvalue weighted by atomic mass is 9.92. The van der Waals surface area contributed by atoms with Crippen molar-refractivity contribution in [3.05, 3.63) is 0 Å². The first-order chi connectivity index (χ1) is 7.11. The minimum Gasteiger partial charge on any atom is -0.298 e. The van der Waals surface area contributed by atoms with Crippen LogP contribution in [0.3, 0.4) is 0 Å². The first-order valence-corrected chi connectivity index (χ1v) is 6.39. The highest BCUT2D eigenvalue weighted by atomic mass is 16.1. The van der Waals surface area contributed by atoms with E-state index in [2.05, 4.69) is 25.7 Å². The number of carbonyl (C=O) groups excluding carboxylic acids is 1. The summed E-state index contributed by atoms with van der Waals surface area (Å²) in [4.78, 5) is 14.4. The predicted octanol–water partition coefficient (Wildman–Crippen LogP) is 2.47. The van der Waals surface area contributed by atoms with Gasteiger partial charge in [-0.05, 0) is 31.6 Å². The second kappa shape index (κ2) is 4.25. The van der Waals surface area contributed by atoms with Crippen molar-refractivity contribution >= 4 is 5.78 Å². The summed E-state index contributed by atoms with van der Waals surface area (Å²) in [5.41, 5.74) is 0. The molecule has 1 aliphatic carbocycles. The molecule has 1 saturated carbocycles. The Bertz CT molecular complexity index is 251. The van der Waals surface area contributed by atoms with E-state index in [9.17, 15) is 4.79 Å². The quantitative estimate of drug-likeness (QED) is 0.661. The SMILES string of the molecule is CC1CN(C2CCCCC2=O)C(C)C1C. The molecule has 4 atom stereocenters. The van der Waals surface area contributed by atoms with Crippen molar-refractivity contribution in [2.45, 2.75) is 58.5 Å². The van der Waals surface area contributed by atoms with Gasteiger partial charge in [0.25, 0.3) is 0 Å². The van der Waals surface area contributed by atoms with E-state index < -0.39 is 0 Å². The molecule has 86 valence electrons. The second-order valence-corrected chi connectivity index (χ2v) is 5.50. The van der Waals surface area contributed by atoms with Crippen molar-refractivity contribution in [2.24, 2.45) is 11.8 Å². The lowest BCUT2D eigenvalue weighted by Crippen LogP contribution is -2.45. The Morgan fingerprint density at radius 3 is 2.47 bits per heavy atom. The Balaban J connectivity index is 2.07. The molecule has 4 unspecified atom stereocenters. The minimum atomic E-state index is 0.251. The average molecular weight is 209 g/mol.